The maximum atomic E-state index is 12.6. The highest BCUT2D eigenvalue weighted by molar-refractivity contribution is 7.15. The molecule has 0 unspecified atom stereocenters. The Morgan fingerprint density at radius 2 is 2.08 bits per heavy atom. The summed E-state index contributed by atoms with van der Waals surface area (Å²) in [5.41, 5.74) is 1.28. The normalized spacial score (nSPS) is 14.9. The second-order valence-corrected chi connectivity index (χ2v) is 7.20. The zero-order chi connectivity index (χ0) is 17.4. The number of nitrogens with one attached hydrogen (secondary N) is 1. The van der Waals surface area contributed by atoms with Gasteiger partial charge in [-0.2, -0.15) is 4.68 Å². The lowest BCUT2D eigenvalue weighted by Gasteiger charge is -2.12. The van der Waals surface area contributed by atoms with Crippen LogP contribution in [-0.4, -0.2) is 25.9 Å². The molecule has 0 radical (unpaired) electrons. The second-order valence-electron chi connectivity index (χ2n) is 6.12. The van der Waals surface area contributed by atoms with Crippen LogP contribution in [0.3, 0.4) is 0 Å². The van der Waals surface area contributed by atoms with Crippen molar-refractivity contribution >= 4 is 33.3 Å². The van der Waals surface area contributed by atoms with E-state index in [9.17, 15) is 9.59 Å². The number of amides is 1. The lowest BCUT2D eigenvalue weighted by Crippen LogP contribution is -2.34. The summed E-state index contributed by atoms with van der Waals surface area (Å²) in [6.07, 6.45) is 4.30. The molecule has 1 aromatic carbocycles. The van der Waals surface area contributed by atoms with Crippen LogP contribution in [0.5, 0.6) is 0 Å². The predicted molar refractivity (Wildman–Crippen MR) is 95.9 cm³/mol. The Bertz CT molecular complexity index is 986. The van der Waals surface area contributed by atoms with E-state index in [1.165, 1.54) is 22.6 Å². The molecule has 0 saturated carbocycles. The molecule has 3 aromatic rings. The third-order valence-electron chi connectivity index (χ3n) is 4.41. The molecule has 4 rings (SSSR count). The van der Waals surface area contributed by atoms with Crippen LogP contribution in [0.1, 0.15) is 36.4 Å². The minimum absolute atomic E-state index is 0.322. The number of aromatic nitrogens is 4. The van der Waals surface area contributed by atoms with E-state index in [0.717, 1.165) is 29.6 Å². The lowest BCUT2D eigenvalue weighted by atomic mass is 10.0. The summed E-state index contributed by atoms with van der Waals surface area (Å²) in [5.74, 6) is -0.322. The number of nitrogens with zero attached hydrogens (tertiary/aromatic N) is 4. The highest BCUT2D eigenvalue weighted by atomic mass is 32.1. The van der Waals surface area contributed by atoms with Crippen LogP contribution in [0, 0.1) is 0 Å². The molecule has 0 bridgehead atoms. The Labute approximate surface area is 147 Å². The number of aryl methyl sites for hydroxylation is 2. The van der Waals surface area contributed by atoms with E-state index >= 15 is 0 Å². The van der Waals surface area contributed by atoms with Gasteiger partial charge in [-0.25, -0.2) is 4.98 Å². The largest absolute Gasteiger partial charge is 0.300 e. The number of hydrogen-bond donors (Lipinski definition) is 1. The van der Waals surface area contributed by atoms with Gasteiger partial charge in [-0.1, -0.05) is 17.3 Å². The third kappa shape index (κ3) is 2.93. The van der Waals surface area contributed by atoms with Gasteiger partial charge >= 0.3 is 0 Å². The van der Waals surface area contributed by atoms with Crippen molar-refractivity contribution in [2.45, 2.75) is 38.6 Å². The Balaban J connectivity index is 1.59. The van der Waals surface area contributed by atoms with Crippen molar-refractivity contribution in [1.29, 1.82) is 0 Å². The Morgan fingerprint density at radius 3 is 2.92 bits per heavy atom. The molecule has 0 aliphatic heterocycles. The van der Waals surface area contributed by atoms with Gasteiger partial charge in [-0.05, 0) is 44.7 Å². The topological polar surface area (TPSA) is 89.8 Å². The van der Waals surface area contributed by atoms with Crippen LogP contribution in [-0.2, 0) is 17.6 Å². The first-order chi connectivity index (χ1) is 12.1. The third-order valence-corrected chi connectivity index (χ3v) is 5.49. The summed E-state index contributed by atoms with van der Waals surface area (Å²) in [6.45, 7) is 1.63. The van der Waals surface area contributed by atoms with Gasteiger partial charge in [0, 0.05) is 4.88 Å². The van der Waals surface area contributed by atoms with Gasteiger partial charge in [0.15, 0.2) is 5.13 Å². The van der Waals surface area contributed by atoms with Crippen LogP contribution < -0.4 is 10.9 Å². The van der Waals surface area contributed by atoms with E-state index in [2.05, 4.69) is 20.6 Å². The van der Waals surface area contributed by atoms with Crippen molar-refractivity contribution in [3.05, 3.63) is 45.2 Å². The zero-order valence-corrected chi connectivity index (χ0v) is 14.5. The monoisotopic (exact) mass is 355 g/mol. The number of rotatable bonds is 3. The summed E-state index contributed by atoms with van der Waals surface area (Å²) < 4.78 is 1.12. The van der Waals surface area contributed by atoms with Crippen LogP contribution in [0.2, 0.25) is 0 Å². The first kappa shape index (κ1) is 15.9. The van der Waals surface area contributed by atoms with Gasteiger partial charge < -0.3 is 5.32 Å². The molecule has 1 N–H and O–H groups in total. The SMILES string of the molecule is C[C@H](C(=O)Nc1nc2c(s1)CCCC2)n1nnc2ccccc2c1=O. The van der Waals surface area contributed by atoms with Crippen molar-refractivity contribution < 1.29 is 4.79 Å². The van der Waals surface area contributed by atoms with E-state index in [4.69, 9.17) is 0 Å². The fourth-order valence-electron chi connectivity index (χ4n) is 2.98. The molecular formula is C17H17N5O2S. The minimum Gasteiger partial charge on any atom is -0.300 e. The van der Waals surface area contributed by atoms with E-state index in [0.29, 0.717) is 16.0 Å². The van der Waals surface area contributed by atoms with Crippen LogP contribution >= 0.6 is 11.3 Å². The van der Waals surface area contributed by atoms with E-state index in [1.807, 2.05) is 0 Å². The molecule has 25 heavy (non-hydrogen) atoms. The molecule has 1 aliphatic rings. The van der Waals surface area contributed by atoms with Crippen LogP contribution in [0.4, 0.5) is 5.13 Å². The van der Waals surface area contributed by atoms with E-state index in [1.54, 1.807) is 31.2 Å². The highest BCUT2D eigenvalue weighted by Crippen LogP contribution is 2.29. The molecule has 8 heteroatoms. The van der Waals surface area contributed by atoms with Gasteiger partial charge in [0.25, 0.3) is 11.5 Å². The molecule has 1 aliphatic carbocycles. The van der Waals surface area contributed by atoms with Crippen molar-refractivity contribution in [2.24, 2.45) is 0 Å². The maximum Gasteiger partial charge on any atom is 0.278 e. The van der Waals surface area contributed by atoms with Crippen molar-refractivity contribution in [3.8, 4) is 0 Å². The van der Waals surface area contributed by atoms with Crippen LogP contribution in [0.25, 0.3) is 10.9 Å². The number of benzene rings is 1. The number of thiazole rings is 1. The fraction of sp³-hybridized carbons (Fsp3) is 0.353. The molecule has 1 atom stereocenters. The number of anilines is 1. The molecular weight excluding hydrogens is 338 g/mol. The van der Waals surface area contributed by atoms with Crippen molar-refractivity contribution in [1.82, 2.24) is 20.0 Å². The van der Waals surface area contributed by atoms with Gasteiger partial charge in [-0.3, -0.25) is 9.59 Å². The van der Waals surface area contributed by atoms with Crippen molar-refractivity contribution in [3.63, 3.8) is 0 Å². The Hall–Kier alpha value is -2.61. The van der Waals surface area contributed by atoms with Gasteiger partial charge in [-0.15, -0.1) is 16.4 Å². The Morgan fingerprint density at radius 1 is 1.28 bits per heavy atom. The number of carbonyl (C=O) groups is 1. The summed E-state index contributed by atoms with van der Waals surface area (Å²) in [5, 5.41) is 11.8. The fourth-order valence-corrected chi connectivity index (χ4v) is 4.03. The molecule has 1 amide bonds. The van der Waals surface area contributed by atoms with Gasteiger partial charge in [0.2, 0.25) is 0 Å². The summed E-state index contributed by atoms with van der Waals surface area (Å²) >= 11 is 1.52. The first-order valence-electron chi connectivity index (χ1n) is 8.27. The standard InChI is InChI=1S/C17H17N5O2S/c1-10(22-16(24)11-6-2-3-7-12(11)20-21-22)15(23)19-17-18-13-8-4-5-9-14(13)25-17/h2-3,6-7,10H,4-5,8-9H2,1H3,(H,18,19,23)/t10-/m1/s1. The van der Waals surface area contributed by atoms with Gasteiger partial charge in [0.05, 0.1) is 11.1 Å². The molecule has 0 saturated heterocycles. The lowest BCUT2D eigenvalue weighted by molar-refractivity contribution is -0.119. The molecule has 2 aromatic heterocycles. The van der Waals surface area contributed by atoms with Crippen LogP contribution in [0.15, 0.2) is 29.1 Å². The smallest absolute Gasteiger partial charge is 0.278 e. The first-order valence-corrected chi connectivity index (χ1v) is 9.09. The Kier molecular flexibility index (Phi) is 4.04. The number of fused-ring (bicyclic) bond motifs is 2. The second kappa shape index (κ2) is 6.36. The average Bonchev–Trinajstić information content (AvgIpc) is 3.04. The molecule has 0 spiro atoms. The predicted octanol–water partition coefficient (Wildman–Crippen LogP) is 2.33. The molecule has 0 fully saturated rings. The van der Waals surface area contributed by atoms with E-state index in [-0.39, 0.29) is 11.5 Å². The number of hydrogen-bond acceptors (Lipinski definition) is 6. The summed E-state index contributed by atoms with van der Waals surface area (Å²) in [7, 11) is 0. The van der Waals surface area contributed by atoms with E-state index < -0.39 is 6.04 Å². The van der Waals surface area contributed by atoms with Crippen molar-refractivity contribution in [2.75, 3.05) is 5.32 Å². The molecule has 128 valence electrons. The highest BCUT2D eigenvalue weighted by Gasteiger charge is 2.22. The minimum atomic E-state index is -0.773. The zero-order valence-electron chi connectivity index (χ0n) is 13.7. The molecule has 2 heterocycles. The maximum absolute atomic E-state index is 12.6. The quantitative estimate of drug-likeness (QED) is 0.779. The average molecular weight is 355 g/mol. The summed E-state index contributed by atoms with van der Waals surface area (Å²) in [6, 6.07) is 6.19. The molecule has 7 nitrogen and oxygen atoms in total. The number of carbonyl (C=O) groups excluding carboxylic acids is 1. The summed E-state index contributed by atoms with van der Waals surface area (Å²) in [4.78, 5) is 30.8. The van der Waals surface area contributed by atoms with Gasteiger partial charge in [0.1, 0.15) is 11.6 Å².